The van der Waals surface area contributed by atoms with Crippen LogP contribution in [0.1, 0.15) is 130 Å². The van der Waals surface area contributed by atoms with Crippen LogP contribution in [0.15, 0.2) is 11.1 Å². The molecule has 0 spiro atoms. The summed E-state index contributed by atoms with van der Waals surface area (Å²) in [6.45, 7) is 6.46. The van der Waals surface area contributed by atoms with E-state index in [1.165, 1.54) is 113 Å². The first-order valence-corrected chi connectivity index (χ1v) is 15.1. The summed E-state index contributed by atoms with van der Waals surface area (Å²) in [4.78, 5) is 26.1. The fourth-order valence-corrected chi connectivity index (χ4v) is 6.23. The third-order valence-electron chi connectivity index (χ3n) is 6.32. The molecule has 0 aromatic carbocycles. The van der Waals surface area contributed by atoms with Crippen molar-refractivity contribution in [3.8, 4) is 0 Å². The number of carbonyl (C=O) groups excluding carboxylic acids is 2. The normalized spacial score (nSPS) is 15.1. The number of rotatable bonds is 17. The second-order valence-corrected chi connectivity index (χ2v) is 11.3. The zero-order chi connectivity index (χ0) is 22.7. The minimum atomic E-state index is -0.247. The molecule has 0 aromatic heterocycles. The average Bonchev–Trinajstić information content (AvgIpc) is 2.78. The maximum atomic E-state index is 13.1. The summed E-state index contributed by atoms with van der Waals surface area (Å²) in [7, 11) is 0. The Kier molecular flexibility index (Phi) is 17.9. The van der Waals surface area contributed by atoms with E-state index in [1.807, 2.05) is 6.92 Å². The lowest BCUT2D eigenvalue weighted by Gasteiger charge is -2.22. The predicted molar refractivity (Wildman–Crippen MR) is 141 cm³/mol. The third-order valence-corrected chi connectivity index (χ3v) is 8.42. The van der Waals surface area contributed by atoms with E-state index in [1.54, 1.807) is 0 Å². The first-order valence-electron chi connectivity index (χ1n) is 13.2. The molecule has 31 heavy (non-hydrogen) atoms. The van der Waals surface area contributed by atoms with E-state index in [9.17, 15) is 9.59 Å². The summed E-state index contributed by atoms with van der Waals surface area (Å²) in [6.07, 6.45) is 20.6. The molecule has 0 heterocycles. The van der Waals surface area contributed by atoms with Crippen LogP contribution in [0.2, 0.25) is 0 Å². The van der Waals surface area contributed by atoms with Gasteiger partial charge in [-0.2, -0.15) is 0 Å². The molecule has 0 bridgehead atoms. The van der Waals surface area contributed by atoms with Gasteiger partial charge in [-0.25, -0.2) is 0 Å². The van der Waals surface area contributed by atoms with Gasteiger partial charge in [0.25, 0.3) is 0 Å². The van der Waals surface area contributed by atoms with Crippen LogP contribution >= 0.6 is 23.5 Å². The maximum Gasteiger partial charge on any atom is 0.216 e. The molecule has 1 atom stereocenters. The first kappa shape index (κ1) is 28.8. The molecule has 0 radical (unpaired) electrons. The average molecular weight is 469 g/mol. The Bertz CT molecular complexity index is 519. The van der Waals surface area contributed by atoms with E-state index >= 15 is 0 Å². The highest BCUT2D eigenvalue weighted by atomic mass is 32.2. The molecule has 0 N–H and O–H groups in total. The summed E-state index contributed by atoms with van der Waals surface area (Å²) in [5, 5.41) is 0.390. The monoisotopic (exact) mass is 468 g/mol. The summed E-state index contributed by atoms with van der Waals surface area (Å²) in [5.74, 6) is 1.55. The summed E-state index contributed by atoms with van der Waals surface area (Å²) in [6, 6.07) is 0. The third kappa shape index (κ3) is 13.2. The van der Waals surface area contributed by atoms with Crippen LogP contribution in [0.4, 0.5) is 0 Å². The van der Waals surface area contributed by atoms with E-state index < -0.39 is 0 Å². The Balaban J connectivity index is 2.51. The van der Waals surface area contributed by atoms with Gasteiger partial charge in [-0.3, -0.25) is 9.59 Å². The summed E-state index contributed by atoms with van der Waals surface area (Å²) < 4.78 is 0. The van der Waals surface area contributed by atoms with Crippen molar-refractivity contribution < 1.29 is 9.59 Å². The predicted octanol–water partition coefficient (Wildman–Crippen LogP) is 9.12. The van der Waals surface area contributed by atoms with Crippen molar-refractivity contribution in [3.05, 3.63) is 11.1 Å². The van der Waals surface area contributed by atoms with Crippen LogP contribution in [0.3, 0.4) is 0 Å². The number of unbranched alkanes of at least 4 members (excludes halogenated alkanes) is 10. The minimum Gasteiger partial charge on any atom is -0.287 e. The SMILES string of the molecule is CCCCCCCCSC(=O)C(=C1CCCCC1)C(C)C(=O)SCCCCCCCC. The molecule has 1 fully saturated rings. The van der Waals surface area contributed by atoms with Crippen molar-refractivity contribution in [2.24, 2.45) is 5.92 Å². The molecule has 0 saturated heterocycles. The number of allylic oxidation sites excluding steroid dienone is 1. The van der Waals surface area contributed by atoms with Gasteiger partial charge in [0.05, 0.1) is 5.92 Å². The van der Waals surface area contributed by atoms with Crippen molar-refractivity contribution in [3.63, 3.8) is 0 Å². The van der Waals surface area contributed by atoms with Crippen molar-refractivity contribution in [1.82, 2.24) is 0 Å². The molecular weight excluding hydrogens is 420 g/mol. The lowest BCUT2D eigenvalue weighted by molar-refractivity contribution is -0.115. The molecule has 1 aliphatic carbocycles. The van der Waals surface area contributed by atoms with Gasteiger partial charge in [-0.1, -0.05) is 120 Å². The van der Waals surface area contributed by atoms with Gasteiger partial charge in [0.1, 0.15) is 0 Å². The number of hydrogen-bond acceptors (Lipinski definition) is 4. The second-order valence-electron chi connectivity index (χ2n) is 9.14. The first-order chi connectivity index (χ1) is 15.1. The van der Waals surface area contributed by atoms with Crippen LogP contribution in [-0.2, 0) is 9.59 Å². The van der Waals surface area contributed by atoms with E-state index in [4.69, 9.17) is 0 Å². The van der Waals surface area contributed by atoms with Gasteiger partial charge in [0.15, 0.2) is 5.12 Å². The molecule has 1 rings (SSSR count). The number of carbonyl (C=O) groups is 2. The molecule has 0 aliphatic heterocycles. The molecule has 1 aliphatic rings. The lowest BCUT2D eigenvalue weighted by Crippen LogP contribution is -2.19. The smallest absolute Gasteiger partial charge is 0.216 e. The molecule has 2 nitrogen and oxygen atoms in total. The highest BCUT2D eigenvalue weighted by Crippen LogP contribution is 2.34. The molecule has 4 heteroatoms. The van der Waals surface area contributed by atoms with Gasteiger partial charge in [-0.15, -0.1) is 0 Å². The Morgan fingerprint density at radius 2 is 1.19 bits per heavy atom. The highest BCUT2D eigenvalue weighted by molar-refractivity contribution is 8.14. The van der Waals surface area contributed by atoms with Crippen molar-refractivity contribution in [1.29, 1.82) is 0 Å². The van der Waals surface area contributed by atoms with Crippen LogP contribution in [0.5, 0.6) is 0 Å². The van der Waals surface area contributed by atoms with Crippen LogP contribution in [0, 0.1) is 5.92 Å². The fourth-order valence-electron chi connectivity index (χ4n) is 4.30. The van der Waals surface area contributed by atoms with E-state index in [-0.39, 0.29) is 16.1 Å². The number of thioether (sulfide) groups is 2. The van der Waals surface area contributed by atoms with Crippen molar-refractivity contribution in [2.45, 2.75) is 130 Å². The minimum absolute atomic E-state index is 0.187. The highest BCUT2D eigenvalue weighted by Gasteiger charge is 2.27. The zero-order valence-corrected chi connectivity index (χ0v) is 22.3. The Hall–Kier alpha value is -0.220. The van der Waals surface area contributed by atoms with Gasteiger partial charge in [0, 0.05) is 17.1 Å². The Morgan fingerprint density at radius 3 is 1.74 bits per heavy atom. The molecule has 0 amide bonds. The topological polar surface area (TPSA) is 34.1 Å². The van der Waals surface area contributed by atoms with Crippen molar-refractivity contribution in [2.75, 3.05) is 11.5 Å². The molecule has 1 saturated carbocycles. The quantitative estimate of drug-likeness (QED) is 0.157. The molecular formula is C27H48O2S2. The summed E-state index contributed by atoms with van der Waals surface area (Å²) in [5.41, 5.74) is 2.16. The molecule has 0 aromatic rings. The standard InChI is InChI=1S/C27H48O2S2/c1-4-6-8-10-12-17-21-30-26(28)23(3)25(24-19-15-14-16-20-24)27(29)31-22-18-13-11-9-7-5-2/h23H,4-22H2,1-3H3. The van der Waals surface area contributed by atoms with Gasteiger partial charge in [-0.05, 0) is 38.5 Å². The Labute approximate surface area is 201 Å². The lowest BCUT2D eigenvalue weighted by atomic mass is 9.87. The van der Waals surface area contributed by atoms with Crippen molar-refractivity contribution >= 4 is 33.8 Å². The van der Waals surface area contributed by atoms with E-state index in [0.717, 1.165) is 42.8 Å². The van der Waals surface area contributed by atoms with E-state index in [0.29, 0.717) is 0 Å². The van der Waals surface area contributed by atoms with Crippen LogP contribution < -0.4 is 0 Å². The van der Waals surface area contributed by atoms with Crippen LogP contribution in [-0.4, -0.2) is 21.7 Å². The second kappa shape index (κ2) is 19.3. The van der Waals surface area contributed by atoms with Gasteiger partial charge >= 0.3 is 0 Å². The fraction of sp³-hybridized carbons (Fsp3) is 0.852. The van der Waals surface area contributed by atoms with Gasteiger partial charge in [0.2, 0.25) is 5.12 Å². The Morgan fingerprint density at radius 1 is 0.710 bits per heavy atom. The largest absolute Gasteiger partial charge is 0.287 e. The maximum absolute atomic E-state index is 13.1. The summed E-state index contributed by atoms with van der Waals surface area (Å²) >= 11 is 2.93. The number of hydrogen-bond donors (Lipinski definition) is 0. The van der Waals surface area contributed by atoms with E-state index in [2.05, 4.69) is 13.8 Å². The molecule has 1 unspecified atom stereocenters. The van der Waals surface area contributed by atoms with Gasteiger partial charge < -0.3 is 0 Å². The zero-order valence-electron chi connectivity index (χ0n) is 20.6. The van der Waals surface area contributed by atoms with Crippen LogP contribution in [0.25, 0.3) is 0 Å². The molecule has 180 valence electrons.